The molecule has 0 saturated carbocycles. The first-order valence-corrected chi connectivity index (χ1v) is 11.5. The zero-order valence-corrected chi connectivity index (χ0v) is 19.2. The summed E-state index contributed by atoms with van der Waals surface area (Å²) in [7, 11) is 0. The summed E-state index contributed by atoms with van der Waals surface area (Å²) in [6.07, 6.45) is 3.91. The van der Waals surface area contributed by atoms with Crippen LogP contribution in [0, 0.1) is 0 Å². The molecule has 0 unspecified atom stereocenters. The highest BCUT2D eigenvalue weighted by Gasteiger charge is 2.28. The topological polar surface area (TPSA) is 54.6 Å². The molecule has 2 saturated heterocycles. The first-order valence-electron chi connectivity index (χ1n) is 10.7. The molecule has 158 valence electrons. The van der Waals surface area contributed by atoms with Crippen molar-refractivity contribution in [2.24, 2.45) is 0 Å². The molecule has 1 aromatic heterocycles. The van der Waals surface area contributed by atoms with Crippen LogP contribution in [0.3, 0.4) is 0 Å². The van der Waals surface area contributed by atoms with Gasteiger partial charge >= 0.3 is 6.09 Å². The van der Waals surface area contributed by atoms with E-state index in [-0.39, 0.29) is 6.09 Å². The number of nitrogens with one attached hydrogen (secondary N) is 1. The van der Waals surface area contributed by atoms with Crippen LogP contribution in [0.4, 0.5) is 4.79 Å². The van der Waals surface area contributed by atoms with Crippen molar-refractivity contribution in [3.8, 4) is 0 Å². The molecule has 6 heteroatoms. The van der Waals surface area contributed by atoms with Crippen LogP contribution in [0.5, 0.6) is 0 Å². The summed E-state index contributed by atoms with van der Waals surface area (Å²) < 4.78 is 12.2. The van der Waals surface area contributed by atoms with Crippen molar-refractivity contribution < 1.29 is 14.3 Å². The van der Waals surface area contributed by atoms with Crippen LogP contribution >= 0.6 is 15.9 Å². The van der Waals surface area contributed by atoms with E-state index in [2.05, 4.69) is 39.1 Å². The number of hydrogen-bond donors (Lipinski definition) is 1. The summed E-state index contributed by atoms with van der Waals surface area (Å²) in [5.74, 6) is 1.02. The maximum absolute atomic E-state index is 12.3. The Bertz CT molecular complexity index is 872. The van der Waals surface area contributed by atoms with Crippen LogP contribution in [0.15, 0.2) is 22.8 Å². The molecule has 2 aliphatic rings. The largest absolute Gasteiger partial charge is 0.444 e. The van der Waals surface area contributed by atoms with Crippen molar-refractivity contribution in [1.82, 2.24) is 9.88 Å². The average Bonchev–Trinajstić information content (AvgIpc) is 3.02. The number of halogens is 1. The van der Waals surface area contributed by atoms with Crippen molar-refractivity contribution >= 4 is 32.9 Å². The zero-order chi connectivity index (χ0) is 20.6. The van der Waals surface area contributed by atoms with E-state index < -0.39 is 5.60 Å². The molecule has 0 radical (unpaired) electrons. The number of rotatable bonds is 2. The van der Waals surface area contributed by atoms with Gasteiger partial charge in [0.2, 0.25) is 0 Å². The highest BCUT2D eigenvalue weighted by atomic mass is 79.9. The van der Waals surface area contributed by atoms with Crippen LogP contribution in [-0.2, 0) is 9.47 Å². The molecule has 4 rings (SSSR count). The summed E-state index contributed by atoms with van der Waals surface area (Å²) in [5.41, 5.74) is 3.52. The van der Waals surface area contributed by atoms with Gasteiger partial charge in [0, 0.05) is 37.2 Å². The molecule has 1 aromatic carbocycles. The van der Waals surface area contributed by atoms with Crippen LogP contribution in [0.2, 0.25) is 0 Å². The molecule has 2 aliphatic heterocycles. The molecule has 5 nitrogen and oxygen atoms in total. The molecular formula is C23H31BrN2O3. The summed E-state index contributed by atoms with van der Waals surface area (Å²) in [4.78, 5) is 17.7. The van der Waals surface area contributed by atoms with E-state index in [1.165, 1.54) is 22.0 Å². The number of amides is 1. The van der Waals surface area contributed by atoms with E-state index in [0.29, 0.717) is 11.8 Å². The molecule has 0 atom stereocenters. The Morgan fingerprint density at radius 2 is 1.83 bits per heavy atom. The molecule has 29 heavy (non-hydrogen) atoms. The Kier molecular flexibility index (Phi) is 5.94. The number of piperidine rings is 1. The number of H-pyrrole nitrogens is 1. The summed E-state index contributed by atoms with van der Waals surface area (Å²) in [6.45, 7) is 8.93. The van der Waals surface area contributed by atoms with Gasteiger partial charge in [0.1, 0.15) is 5.60 Å². The van der Waals surface area contributed by atoms with Crippen molar-refractivity contribution in [2.75, 3.05) is 26.3 Å². The number of nitrogens with zero attached hydrogens (tertiary/aromatic N) is 1. The Morgan fingerprint density at radius 1 is 1.14 bits per heavy atom. The van der Waals surface area contributed by atoms with E-state index in [9.17, 15) is 4.79 Å². The lowest BCUT2D eigenvalue weighted by Gasteiger charge is -2.33. The SMILES string of the molecule is CC(C)(C)OC(=O)N1CCC(c2ccc3[nH]c(Br)c(C4CCOCC4)c3c2)CC1. The summed E-state index contributed by atoms with van der Waals surface area (Å²) in [6, 6.07) is 6.82. The average molecular weight is 463 g/mol. The molecular weight excluding hydrogens is 432 g/mol. The number of carbonyl (C=O) groups excluding carboxylic acids is 1. The van der Waals surface area contributed by atoms with Crippen molar-refractivity contribution in [1.29, 1.82) is 0 Å². The molecule has 1 amide bonds. The smallest absolute Gasteiger partial charge is 0.410 e. The Labute approximate surface area is 181 Å². The van der Waals surface area contributed by atoms with E-state index in [1.807, 2.05) is 25.7 Å². The lowest BCUT2D eigenvalue weighted by atomic mass is 9.86. The standard InChI is InChI=1S/C23H31BrN2O3/c1-23(2,3)29-22(27)26-10-6-15(7-11-26)17-4-5-19-18(14-17)20(21(24)25-19)16-8-12-28-13-9-16/h4-5,14-16,25H,6-13H2,1-3H3. The fourth-order valence-electron chi connectivity index (χ4n) is 4.56. The van der Waals surface area contributed by atoms with Gasteiger partial charge in [-0.1, -0.05) is 6.07 Å². The van der Waals surface area contributed by atoms with Crippen LogP contribution in [0.25, 0.3) is 10.9 Å². The first-order chi connectivity index (χ1) is 13.8. The van der Waals surface area contributed by atoms with Gasteiger partial charge in [-0.25, -0.2) is 4.79 Å². The highest BCUT2D eigenvalue weighted by molar-refractivity contribution is 9.10. The maximum atomic E-state index is 12.3. The minimum absolute atomic E-state index is 0.192. The second-order valence-electron chi connectivity index (χ2n) is 9.29. The third kappa shape index (κ3) is 4.64. The predicted molar refractivity (Wildman–Crippen MR) is 119 cm³/mol. The van der Waals surface area contributed by atoms with Crippen LogP contribution in [0.1, 0.15) is 69.4 Å². The molecule has 3 heterocycles. The lowest BCUT2D eigenvalue weighted by Crippen LogP contribution is -2.41. The number of benzene rings is 1. The van der Waals surface area contributed by atoms with E-state index in [1.54, 1.807) is 0 Å². The fourth-order valence-corrected chi connectivity index (χ4v) is 5.31. The molecule has 0 aliphatic carbocycles. The summed E-state index contributed by atoms with van der Waals surface area (Å²) >= 11 is 3.76. The zero-order valence-electron chi connectivity index (χ0n) is 17.6. The van der Waals surface area contributed by atoms with Crippen molar-refractivity contribution in [3.63, 3.8) is 0 Å². The quantitative estimate of drug-likeness (QED) is 0.600. The minimum Gasteiger partial charge on any atom is -0.444 e. The van der Waals surface area contributed by atoms with E-state index in [4.69, 9.17) is 9.47 Å². The predicted octanol–water partition coefficient (Wildman–Crippen LogP) is 5.94. The van der Waals surface area contributed by atoms with Gasteiger partial charge < -0.3 is 19.4 Å². The van der Waals surface area contributed by atoms with Gasteiger partial charge in [-0.05, 0) is 97.5 Å². The molecule has 2 fully saturated rings. The van der Waals surface area contributed by atoms with Gasteiger partial charge in [-0.3, -0.25) is 0 Å². The van der Waals surface area contributed by atoms with Crippen molar-refractivity contribution in [2.45, 2.75) is 63.9 Å². The first kappa shape index (κ1) is 20.7. The molecule has 0 spiro atoms. The lowest BCUT2D eigenvalue weighted by molar-refractivity contribution is 0.0205. The maximum Gasteiger partial charge on any atom is 0.410 e. The Hall–Kier alpha value is -1.53. The number of aromatic amines is 1. The number of fused-ring (bicyclic) bond motifs is 1. The van der Waals surface area contributed by atoms with Crippen LogP contribution in [-0.4, -0.2) is 47.9 Å². The third-order valence-corrected chi connectivity index (χ3v) is 6.69. The molecule has 2 aromatic rings. The highest BCUT2D eigenvalue weighted by Crippen LogP contribution is 2.39. The van der Waals surface area contributed by atoms with Crippen LogP contribution < -0.4 is 0 Å². The fraction of sp³-hybridized carbons (Fsp3) is 0.609. The Balaban J connectivity index is 1.50. The summed E-state index contributed by atoms with van der Waals surface area (Å²) in [5, 5.41) is 1.33. The van der Waals surface area contributed by atoms with Gasteiger partial charge in [0.05, 0.1) is 4.60 Å². The normalized spacial score (nSPS) is 19.7. The second-order valence-corrected chi connectivity index (χ2v) is 10.1. The van der Waals surface area contributed by atoms with E-state index in [0.717, 1.165) is 56.6 Å². The third-order valence-electron chi connectivity index (χ3n) is 6.06. The van der Waals surface area contributed by atoms with Gasteiger partial charge in [-0.2, -0.15) is 0 Å². The molecule has 1 N–H and O–H groups in total. The Morgan fingerprint density at radius 3 is 2.48 bits per heavy atom. The van der Waals surface area contributed by atoms with Gasteiger partial charge in [-0.15, -0.1) is 0 Å². The van der Waals surface area contributed by atoms with Gasteiger partial charge in [0.15, 0.2) is 0 Å². The molecule has 0 bridgehead atoms. The number of aromatic nitrogens is 1. The monoisotopic (exact) mass is 462 g/mol. The second kappa shape index (κ2) is 8.31. The number of carbonyl (C=O) groups is 1. The number of ether oxygens (including phenoxy) is 2. The number of likely N-dealkylation sites (tertiary alicyclic amines) is 1. The number of hydrogen-bond acceptors (Lipinski definition) is 3. The van der Waals surface area contributed by atoms with E-state index >= 15 is 0 Å². The van der Waals surface area contributed by atoms with Crippen molar-refractivity contribution in [3.05, 3.63) is 33.9 Å². The minimum atomic E-state index is -0.443. The van der Waals surface area contributed by atoms with Gasteiger partial charge in [0.25, 0.3) is 0 Å².